The Morgan fingerprint density at radius 3 is 1.84 bits per heavy atom. The van der Waals surface area contributed by atoms with Gasteiger partial charge in [0.25, 0.3) is 0 Å². The quantitative estimate of drug-likeness (QED) is 0.397. The fraction of sp³-hybridized carbons (Fsp3) is 0.214. The molecular weight excluding hydrogens is 487 g/mol. The van der Waals surface area contributed by atoms with Gasteiger partial charge in [-0.05, 0) is 36.2 Å². The van der Waals surface area contributed by atoms with Crippen LogP contribution in [0, 0.1) is 0 Å². The molecule has 9 heteroatoms. The van der Waals surface area contributed by atoms with Crippen LogP contribution in [0.4, 0.5) is 13.2 Å². The van der Waals surface area contributed by atoms with Gasteiger partial charge in [0.2, 0.25) is 0 Å². The average Bonchev–Trinajstić information content (AvgIpc) is 2.88. The maximum absolute atomic E-state index is 13.0. The number of rotatable bonds is 7. The van der Waals surface area contributed by atoms with Gasteiger partial charge in [-0.1, -0.05) is 66.7 Å². The van der Waals surface area contributed by atoms with E-state index in [-0.39, 0.29) is 23.9 Å². The number of carboxylic acid groups (broad SMARTS) is 2. The number of nitrogens with zero attached hydrogens (tertiary/aromatic N) is 1. The van der Waals surface area contributed by atoms with Crippen LogP contribution in [0.25, 0.3) is 0 Å². The van der Waals surface area contributed by atoms with Crippen LogP contribution in [-0.2, 0) is 15.8 Å². The molecule has 4 rings (SSSR count). The summed E-state index contributed by atoms with van der Waals surface area (Å²) in [6.45, 7) is 2.70. The topological polar surface area (TPSA) is 87.1 Å². The normalized spacial score (nSPS) is 17.5. The molecule has 0 spiro atoms. The smallest absolute Gasteiger partial charge is 0.416 e. The summed E-state index contributed by atoms with van der Waals surface area (Å²) in [6.07, 6.45) is -3.42. The first-order valence-corrected chi connectivity index (χ1v) is 11.4. The van der Waals surface area contributed by atoms with Crippen molar-refractivity contribution in [3.8, 4) is 5.75 Å². The molecule has 0 aliphatic carbocycles. The Labute approximate surface area is 212 Å². The molecule has 1 aliphatic rings. The second kappa shape index (κ2) is 12.2. The highest BCUT2D eigenvalue weighted by molar-refractivity contribution is 5.89. The molecule has 1 heterocycles. The minimum absolute atomic E-state index is 0.0648. The molecule has 194 valence electrons. The van der Waals surface area contributed by atoms with Crippen LogP contribution >= 0.6 is 0 Å². The summed E-state index contributed by atoms with van der Waals surface area (Å²) in [5, 5.41) is 15.6. The Kier molecular flexibility index (Phi) is 9.08. The molecule has 37 heavy (non-hydrogen) atoms. The maximum atomic E-state index is 13.0. The van der Waals surface area contributed by atoms with E-state index in [2.05, 4.69) is 36.1 Å². The maximum Gasteiger partial charge on any atom is 0.416 e. The second-order valence-corrected chi connectivity index (χ2v) is 8.35. The van der Waals surface area contributed by atoms with E-state index in [0.717, 1.165) is 12.1 Å². The molecule has 0 radical (unpaired) electrons. The van der Waals surface area contributed by atoms with E-state index >= 15 is 0 Å². The van der Waals surface area contributed by atoms with Crippen LogP contribution < -0.4 is 4.74 Å². The zero-order valence-electron chi connectivity index (χ0n) is 19.9. The highest BCUT2D eigenvalue weighted by Crippen LogP contribution is 2.38. The third-order valence-corrected chi connectivity index (χ3v) is 5.83. The van der Waals surface area contributed by atoms with Gasteiger partial charge in [-0.15, -0.1) is 0 Å². The van der Waals surface area contributed by atoms with Crippen molar-refractivity contribution >= 4 is 11.9 Å². The van der Waals surface area contributed by atoms with Crippen LogP contribution in [-0.4, -0.2) is 45.7 Å². The molecule has 0 unspecified atom stereocenters. The van der Waals surface area contributed by atoms with Crippen molar-refractivity contribution in [3.05, 3.63) is 114 Å². The number of halogens is 3. The molecule has 2 atom stereocenters. The first-order valence-electron chi connectivity index (χ1n) is 11.4. The summed E-state index contributed by atoms with van der Waals surface area (Å²) in [5.74, 6) is -2.26. The summed E-state index contributed by atoms with van der Waals surface area (Å²) < 4.78 is 44.8. The fourth-order valence-corrected chi connectivity index (χ4v) is 3.99. The first-order chi connectivity index (χ1) is 17.6. The lowest BCUT2D eigenvalue weighted by Gasteiger charge is -2.50. The lowest BCUT2D eigenvalue weighted by atomic mass is 9.89. The summed E-state index contributed by atoms with van der Waals surface area (Å²) >= 11 is 0. The Morgan fingerprint density at radius 2 is 1.41 bits per heavy atom. The highest BCUT2D eigenvalue weighted by atomic mass is 19.4. The number of alkyl halides is 3. The van der Waals surface area contributed by atoms with Gasteiger partial charge in [0.05, 0.1) is 11.6 Å². The van der Waals surface area contributed by atoms with Crippen LogP contribution in [0.3, 0.4) is 0 Å². The Hall–Kier alpha value is -4.11. The average molecular weight is 514 g/mol. The third-order valence-electron chi connectivity index (χ3n) is 5.83. The molecule has 2 N–H and O–H groups in total. The minimum atomic E-state index is -4.37. The Bertz CT molecular complexity index is 1160. The summed E-state index contributed by atoms with van der Waals surface area (Å²) in [4.78, 5) is 21.4. The number of hydrogen-bond donors (Lipinski definition) is 2. The Balaban J connectivity index is 0.000000414. The molecule has 0 bridgehead atoms. The SMILES string of the molecule is C[C@@H]1[C@H](Oc2cccc(C(F)(F)F)c2)CN1C(c1ccccc1)c1ccccc1.O=C(O)/C=C/C(=O)O. The molecule has 3 aromatic rings. The van der Waals surface area contributed by atoms with Gasteiger partial charge in [0, 0.05) is 24.7 Å². The van der Waals surface area contributed by atoms with Crippen molar-refractivity contribution in [2.75, 3.05) is 6.54 Å². The number of ether oxygens (including phenoxy) is 1. The number of likely N-dealkylation sites (tertiary alicyclic amines) is 1. The van der Waals surface area contributed by atoms with E-state index in [9.17, 15) is 22.8 Å². The van der Waals surface area contributed by atoms with Gasteiger partial charge in [-0.25, -0.2) is 9.59 Å². The van der Waals surface area contributed by atoms with E-state index < -0.39 is 23.7 Å². The summed E-state index contributed by atoms with van der Waals surface area (Å²) in [6, 6.07) is 25.7. The van der Waals surface area contributed by atoms with Crippen molar-refractivity contribution in [1.82, 2.24) is 4.90 Å². The molecule has 0 aromatic heterocycles. The summed E-state index contributed by atoms with van der Waals surface area (Å²) in [5.41, 5.74) is 1.68. The second-order valence-electron chi connectivity index (χ2n) is 8.35. The van der Waals surface area contributed by atoms with E-state index in [1.807, 2.05) is 36.4 Å². The van der Waals surface area contributed by atoms with Gasteiger partial charge in [0.1, 0.15) is 11.9 Å². The standard InChI is InChI=1S/C24H22F3NO.C4H4O4/c1-17-22(29-21-14-8-13-20(15-21)24(25,26)27)16-28(17)23(18-9-4-2-5-10-18)19-11-6-3-7-12-19;5-3(6)1-2-4(7)8/h2-15,17,22-23H,16H2,1H3;1-2H,(H,5,6)(H,7,8)/b;2-1+/t17-,22-;/m1./s1. The number of benzene rings is 3. The predicted octanol–water partition coefficient (Wildman–Crippen LogP) is 5.66. The van der Waals surface area contributed by atoms with Crippen molar-refractivity contribution in [2.45, 2.75) is 31.3 Å². The molecule has 0 amide bonds. The lowest BCUT2D eigenvalue weighted by molar-refractivity contribution is -0.138. The van der Waals surface area contributed by atoms with Crippen molar-refractivity contribution in [2.24, 2.45) is 0 Å². The molecule has 3 aromatic carbocycles. The van der Waals surface area contributed by atoms with Crippen LogP contribution in [0.2, 0.25) is 0 Å². The van der Waals surface area contributed by atoms with E-state index in [1.54, 1.807) is 6.07 Å². The van der Waals surface area contributed by atoms with Crippen molar-refractivity contribution in [3.63, 3.8) is 0 Å². The summed E-state index contributed by atoms with van der Waals surface area (Å²) in [7, 11) is 0. The molecule has 1 aliphatic heterocycles. The zero-order valence-corrected chi connectivity index (χ0v) is 19.9. The number of carbonyl (C=O) groups is 2. The van der Waals surface area contributed by atoms with E-state index in [4.69, 9.17) is 14.9 Å². The monoisotopic (exact) mass is 513 g/mol. The third kappa shape index (κ3) is 7.68. The lowest BCUT2D eigenvalue weighted by Crippen LogP contribution is -2.62. The molecule has 1 saturated heterocycles. The number of hydrogen-bond acceptors (Lipinski definition) is 4. The zero-order chi connectivity index (χ0) is 27.0. The highest BCUT2D eigenvalue weighted by Gasteiger charge is 2.42. The van der Waals surface area contributed by atoms with Crippen LogP contribution in [0.5, 0.6) is 5.75 Å². The van der Waals surface area contributed by atoms with Gasteiger partial charge in [0.15, 0.2) is 0 Å². The van der Waals surface area contributed by atoms with Gasteiger partial charge >= 0.3 is 18.1 Å². The molecular formula is C28H26F3NO5. The minimum Gasteiger partial charge on any atom is -0.487 e. The van der Waals surface area contributed by atoms with Crippen molar-refractivity contribution in [1.29, 1.82) is 0 Å². The molecule has 0 saturated carbocycles. The first kappa shape index (κ1) is 27.5. The number of carboxylic acids is 2. The molecule has 1 fully saturated rings. The van der Waals surface area contributed by atoms with E-state index in [0.29, 0.717) is 18.7 Å². The Morgan fingerprint density at radius 1 is 0.892 bits per heavy atom. The van der Waals surface area contributed by atoms with Crippen LogP contribution in [0.15, 0.2) is 97.1 Å². The molecule has 6 nitrogen and oxygen atoms in total. The fourth-order valence-electron chi connectivity index (χ4n) is 3.99. The van der Waals surface area contributed by atoms with Gasteiger partial charge < -0.3 is 14.9 Å². The van der Waals surface area contributed by atoms with Crippen molar-refractivity contribution < 1.29 is 37.7 Å². The number of aliphatic carboxylic acids is 2. The van der Waals surface area contributed by atoms with Gasteiger partial charge in [-0.3, -0.25) is 4.90 Å². The predicted molar refractivity (Wildman–Crippen MR) is 131 cm³/mol. The van der Waals surface area contributed by atoms with E-state index in [1.165, 1.54) is 17.2 Å². The van der Waals surface area contributed by atoms with Gasteiger partial charge in [-0.2, -0.15) is 13.2 Å². The van der Waals surface area contributed by atoms with Crippen LogP contribution in [0.1, 0.15) is 29.7 Å². The largest absolute Gasteiger partial charge is 0.487 e.